The third kappa shape index (κ3) is 3.59. The Morgan fingerprint density at radius 2 is 2.28 bits per heavy atom. The lowest BCUT2D eigenvalue weighted by molar-refractivity contribution is -0.118. The summed E-state index contributed by atoms with van der Waals surface area (Å²) in [6.45, 7) is 0.325. The summed E-state index contributed by atoms with van der Waals surface area (Å²) in [6.07, 6.45) is 5.72. The van der Waals surface area contributed by atoms with E-state index in [1.807, 2.05) is 12.1 Å². The lowest BCUT2D eigenvalue weighted by atomic mass is 9.80. The van der Waals surface area contributed by atoms with Crippen LogP contribution in [0.25, 0.3) is 6.08 Å². The summed E-state index contributed by atoms with van der Waals surface area (Å²) in [6, 6.07) is 7.27. The molecular formula is C14H16ClNO2. The van der Waals surface area contributed by atoms with Gasteiger partial charge in [-0.3, -0.25) is 4.79 Å². The topological polar surface area (TPSA) is 49.3 Å². The average Bonchev–Trinajstić information content (AvgIpc) is 2.31. The van der Waals surface area contributed by atoms with Gasteiger partial charge in [0.25, 0.3) is 0 Å². The monoisotopic (exact) mass is 265 g/mol. The van der Waals surface area contributed by atoms with E-state index in [1.165, 1.54) is 6.08 Å². The highest BCUT2D eigenvalue weighted by Crippen LogP contribution is 2.30. The predicted octanol–water partition coefficient (Wildman–Crippen LogP) is 2.38. The number of carbonyl (C=O) groups excluding carboxylic acids is 1. The molecule has 0 unspecified atom stereocenters. The molecule has 1 aromatic rings. The number of benzene rings is 1. The highest BCUT2D eigenvalue weighted by Gasteiger charge is 2.34. The SMILES string of the molecule is O=C(/C=C/c1cccc(Cl)c1)NCC1(O)CCC1. The van der Waals surface area contributed by atoms with Crippen LogP contribution in [0.4, 0.5) is 0 Å². The molecule has 96 valence electrons. The molecule has 1 amide bonds. The first-order chi connectivity index (χ1) is 8.57. The number of nitrogens with one attached hydrogen (secondary N) is 1. The Morgan fingerprint density at radius 1 is 1.50 bits per heavy atom. The van der Waals surface area contributed by atoms with E-state index in [0.29, 0.717) is 11.6 Å². The van der Waals surface area contributed by atoms with Gasteiger partial charge in [0.05, 0.1) is 5.60 Å². The number of aliphatic hydroxyl groups is 1. The number of amides is 1. The molecular weight excluding hydrogens is 250 g/mol. The van der Waals surface area contributed by atoms with Gasteiger partial charge in [-0.2, -0.15) is 0 Å². The van der Waals surface area contributed by atoms with Crippen molar-refractivity contribution in [3.8, 4) is 0 Å². The van der Waals surface area contributed by atoms with Crippen molar-refractivity contribution in [3.63, 3.8) is 0 Å². The minimum atomic E-state index is -0.681. The van der Waals surface area contributed by atoms with Gasteiger partial charge in [0.1, 0.15) is 0 Å². The molecule has 2 rings (SSSR count). The molecule has 18 heavy (non-hydrogen) atoms. The van der Waals surface area contributed by atoms with E-state index in [-0.39, 0.29) is 5.91 Å². The average molecular weight is 266 g/mol. The number of hydrogen-bond donors (Lipinski definition) is 2. The van der Waals surface area contributed by atoms with E-state index < -0.39 is 5.60 Å². The maximum atomic E-state index is 11.5. The third-order valence-corrected chi connectivity index (χ3v) is 3.39. The summed E-state index contributed by atoms with van der Waals surface area (Å²) < 4.78 is 0. The Morgan fingerprint density at radius 3 is 2.89 bits per heavy atom. The zero-order valence-electron chi connectivity index (χ0n) is 10.0. The molecule has 1 fully saturated rings. The Labute approximate surface area is 111 Å². The van der Waals surface area contributed by atoms with Crippen molar-refractivity contribution in [3.05, 3.63) is 40.9 Å². The van der Waals surface area contributed by atoms with Crippen LogP contribution in [0, 0.1) is 0 Å². The van der Waals surface area contributed by atoms with Crippen LogP contribution in [0.15, 0.2) is 30.3 Å². The Bertz CT molecular complexity index is 467. The van der Waals surface area contributed by atoms with Gasteiger partial charge in [-0.05, 0) is 43.0 Å². The zero-order valence-corrected chi connectivity index (χ0v) is 10.8. The van der Waals surface area contributed by atoms with Crippen molar-refractivity contribution in [2.75, 3.05) is 6.54 Å². The van der Waals surface area contributed by atoms with Gasteiger partial charge < -0.3 is 10.4 Å². The molecule has 0 atom stereocenters. The highest BCUT2D eigenvalue weighted by molar-refractivity contribution is 6.30. The second kappa shape index (κ2) is 5.55. The molecule has 0 bridgehead atoms. The van der Waals surface area contributed by atoms with Crippen LogP contribution in [0.2, 0.25) is 5.02 Å². The van der Waals surface area contributed by atoms with E-state index in [9.17, 15) is 9.90 Å². The predicted molar refractivity (Wildman–Crippen MR) is 72.3 cm³/mol. The summed E-state index contributed by atoms with van der Waals surface area (Å²) in [7, 11) is 0. The van der Waals surface area contributed by atoms with Crippen molar-refractivity contribution in [1.82, 2.24) is 5.32 Å². The van der Waals surface area contributed by atoms with Crippen molar-refractivity contribution in [2.24, 2.45) is 0 Å². The maximum Gasteiger partial charge on any atom is 0.244 e. The van der Waals surface area contributed by atoms with Gasteiger partial charge >= 0.3 is 0 Å². The highest BCUT2D eigenvalue weighted by atomic mass is 35.5. The number of carbonyl (C=O) groups is 1. The quantitative estimate of drug-likeness (QED) is 0.822. The largest absolute Gasteiger partial charge is 0.388 e. The number of rotatable bonds is 4. The van der Waals surface area contributed by atoms with Crippen LogP contribution in [-0.4, -0.2) is 23.2 Å². The molecule has 3 nitrogen and oxygen atoms in total. The molecule has 1 aliphatic rings. The van der Waals surface area contributed by atoms with Crippen LogP contribution in [0.1, 0.15) is 24.8 Å². The minimum Gasteiger partial charge on any atom is -0.388 e. The molecule has 1 saturated carbocycles. The van der Waals surface area contributed by atoms with E-state index >= 15 is 0 Å². The van der Waals surface area contributed by atoms with Crippen LogP contribution >= 0.6 is 11.6 Å². The number of halogens is 1. The molecule has 4 heteroatoms. The van der Waals surface area contributed by atoms with Crippen molar-refractivity contribution in [1.29, 1.82) is 0 Å². The molecule has 0 spiro atoms. The third-order valence-electron chi connectivity index (χ3n) is 3.15. The molecule has 2 N–H and O–H groups in total. The second-order valence-electron chi connectivity index (χ2n) is 4.68. The van der Waals surface area contributed by atoms with Gasteiger partial charge in [-0.15, -0.1) is 0 Å². The second-order valence-corrected chi connectivity index (χ2v) is 5.12. The van der Waals surface area contributed by atoms with E-state index in [4.69, 9.17) is 11.6 Å². The lowest BCUT2D eigenvalue weighted by Crippen LogP contribution is -2.47. The summed E-state index contributed by atoms with van der Waals surface area (Å²) in [4.78, 5) is 11.5. The molecule has 0 heterocycles. The normalized spacial score (nSPS) is 17.4. The van der Waals surface area contributed by atoms with Gasteiger partial charge in [-0.25, -0.2) is 0 Å². The molecule has 0 radical (unpaired) electrons. The standard InChI is InChI=1S/C14H16ClNO2/c15-12-4-1-3-11(9-12)5-6-13(17)16-10-14(18)7-2-8-14/h1,3-6,9,18H,2,7-8,10H2,(H,16,17)/b6-5+. The summed E-state index contributed by atoms with van der Waals surface area (Å²) in [5.74, 6) is -0.199. The first kappa shape index (κ1) is 13.1. The minimum absolute atomic E-state index is 0.199. The first-order valence-corrected chi connectivity index (χ1v) is 6.39. The molecule has 0 aliphatic heterocycles. The first-order valence-electron chi connectivity index (χ1n) is 6.01. The molecule has 0 aromatic heterocycles. The van der Waals surface area contributed by atoms with Gasteiger partial charge in [0, 0.05) is 17.6 Å². The summed E-state index contributed by atoms with van der Waals surface area (Å²) >= 11 is 5.84. The lowest BCUT2D eigenvalue weighted by Gasteiger charge is -2.36. The van der Waals surface area contributed by atoms with E-state index in [0.717, 1.165) is 24.8 Å². The van der Waals surface area contributed by atoms with Crippen LogP contribution < -0.4 is 5.32 Å². The van der Waals surface area contributed by atoms with Crippen LogP contribution in [0.5, 0.6) is 0 Å². The Kier molecular flexibility index (Phi) is 4.04. The van der Waals surface area contributed by atoms with Gasteiger partial charge in [-0.1, -0.05) is 23.7 Å². The van der Waals surface area contributed by atoms with Crippen molar-refractivity contribution < 1.29 is 9.90 Å². The molecule has 1 aliphatic carbocycles. The summed E-state index contributed by atoms with van der Waals surface area (Å²) in [5.41, 5.74) is 0.194. The van der Waals surface area contributed by atoms with Crippen LogP contribution in [0.3, 0.4) is 0 Å². The smallest absolute Gasteiger partial charge is 0.244 e. The number of hydrogen-bond acceptors (Lipinski definition) is 2. The zero-order chi connectivity index (χ0) is 13.0. The van der Waals surface area contributed by atoms with Crippen molar-refractivity contribution in [2.45, 2.75) is 24.9 Å². The van der Waals surface area contributed by atoms with Crippen LogP contribution in [-0.2, 0) is 4.79 Å². The fourth-order valence-electron chi connectivity index (χ4n) is 1.85. The Balaban J connectivity index is 1.83. The van der Waals surface area contributed by atoms with Crippen molar-refractivity contribution >= 4 is 23.6 Å². The van der Waals surface area contributed by atoms with E-state index in [2.05, 4.69) is 5.32 Å². The van der Waals surface area contributed by atoms with Gasteiger partial charge in [0.15, 0.2) is 0 Å². The fourth-order valence-corrected chi connectivity index (χ4v) is 2.05. The summed E-state index contributed by atoms with van der Waals surface area (Å²) in [5, 5.41) is 13.2. The Hall–Kier alpha value is -1.32. The van der Waals surface area contributed by atoms with Gasteiger partial charge in [0.2, 0.25) is 5.91 Å². The molecule has 1 aromatic carbocycles. The fraction of sp³-hybridized carbons (Fsp3) is 0.357. The van der Waals surface area contributed by atoms with E-state index in [1.54, 1.807) is 18.2 Å². The maximum absolute atomic E-state index is 11.5. The molecule has 0 saturated heterocycles.